The number of fused-ring (bicyclic) bond motifs is 1. The van der Waals surface area contributed by atoms with Crippen LogP contribution in [0.15, 0.2) is 0 Å². The molecule has 2 fully saturated rings. The molecule has 2 saturated heterocycles. The second-order valence-electron chi connectivity index (χ2n) is 4.71. The van der Waals surface area contributed by atoms with Gasteiger partial charge in [-0.1, -0.05) is 0 Å². The van der Waals surface area contributed by atoms with Crippen LogP contribution in [0.3, 0.4) is 0 Å². The summed E-state index contributed by atoms with van der Waals surface area (Å²) in [6.45, 7) is 5.84. The Balaban J connectivity index is 2.19. The molecule has 0 saturated carbocycles. The van der Waals surface area contributed by atoms with E-state index in [1.165, 1.54) is 0 Å². The van der Waals surface area contributed by atoms with Crippen LogP contribution < -0.4 is 0 Å². The Hall–Kier alpha value is -0.200. The standard InChI is InChI=1S/C10H18O5/c1-9(2)14-7-6(5-12-4)13-8(11)10(7,3)15-9/h6-8,11H,5H2,1-4H3/t6?,7-,8?,10-/m1/s1. The Kier molecular flexibility index (Phi) is 2.56. The van der Waals surface area contributed by atoms with Crippen LogP contribution >= 0.6 is 0 Å². The molecule has 15 heavy (non-hydrogen) atoms. The third-order valence-electron chi connectivity index (χ3n) is 2.90. The molecule has 0 aromatic rings. The average molecular weight is 218 g/mol. The van der Waals surface area contributed by atoms with Crippen LogP contribution in [0.1, 0.15) is 20.8 Å². The van der Waals surface area contributed by atoms with Gasteiger partial charge in [0.25, 0.3) is 0 Å². The van der Waals surface area contributed by atoms with Gasteiger partial charge in [0, 0.05) is 7.11 Å². The van der Waals surface area contributed by atoms with Gasteiger partial charge in [-0.3, -0.25) is 0 Å². The number of ether oxygens (including phenoxy) is 4. The lowest BCUT2D eigenvalue weighted by molar-refractivity contribution is -0.245. The van der Waals surface area contributed by atoms with Crippen LogP contribution in [0.25, 0.3) is 0 Å². The minimum absolute atomic E-state index is 0.281. The molecule has 2 heterocycles. The van der Waals surface area contributed by atoms with Gasteiger partial charge in [-0.25, -0.2) is 0 Å². The fourth-order valence-electron chi connectivity index (χ4n) is 2.33. The summed E-state index contributed by atoms with van der Waals surface area (Å²) in [7, 11) is 1.59. The Morgan fingerprint density at radius 3 is 2.60 bits per heavy atom. The molecule has 0 spiro atoms. The minimum atomic E-state index is -0.968. The Morgan fingerprint density at radius 2 is 2.00 bits per heavy atom. The normalized spacial score (nSPS) is 48.2. The first-order valence-corrected chi connectivity index (χ1v) is 5.09. The van der Waals surface area contributed by atoms with Crippen molar-refractivity contribution in [1.82, 2.24) is 0 Å². The number of aliphatic hydroxyl groups is 1. The molecule has 5 heteroatoms. The van der Waals surface area contributed by atoms with E-state index in [1.807, 2.05) is 13.8 Å². The highest BCUT2D eigenvalue weighted by atomic mass is 16.8. The number of methoxy groups -OCH3 is 1. The van der Waals surface area contributed by atoms with Gasteiger partial charge >= 0.3 is 0 Å². The van der Waals surface area contributed by atoms with Crippen molar-refractivity contribution in [2.24, 2.45) is 0 Å². The number of hydrogen-bond acceptors (Lipinski definition) is 5. The summed E-state index contributed by atoms with van der Waals surface area (Å²) in [6.07, 6.45) is -1.54. The first-order valence-electron chi connectivity index (χ1n) is 5.09. The SMILES string of the molecule is COCC1OC(O)[C@]2(C)OC(C)(C)O[C@H]12. The van der Waals surface area contributed by atoms with Crippen molar-refractivity contribution < 1.29 is 24.1 Å². The van der Waals surface area contributed by atoms with Crippen molar-refractivity contribution in [1.29, 1.82) is 0 Å². The lowest BCUT2D eigenvalue weighted by Gasteiger charge is -2.25. The summed E-state index contributed by atoms with van der Waals surface area (Å²) in [4.78, 5) is 0. The van der Waals surface area contributed by atoms with Crippen LogP contribution in [0, 0.1) is 0 Å². The van der Waals surface area contributed by atoms with Gasteiger partial charge in [-0.2, -0.15) is 0 Å². The van der Waals surface area contributed by atoms with E-state index in [0.717, 1.165) is 0 Å². The van der Waals surface area contributed by atoms with E-state index in [0.29, 0.717) is 6.61 Å². The fourth-order valence-corrected chi connectivity index (χ4v) is 2.33. The molecular formula is C10H18O5. The predicted octanol–water partition coefficient (Wildman–Crippen LogP) is 0.260. The molecule has 0 radical (unpaired) electrons. The monoisotopic (exact) mass is 218 g/mol. The van der Waals surface area contributed by atoms with Crippen molar-refractivity contribution in [2.45, 2.75) is 50.7 Å². The number of rotatable bonds is 2. The lowest BCUT2D eigenvalue weighted by atomic mass is 9.98. The molecule has 0 aromatic heterocycles. The first-order chi connectivity index (χ1) is 6.89. The van der Waals surface area contributed by atoms with E-state index in [2.05, 4.69) is 0 Å². The maximum absolute atomic E-state index is 9.81. The molecule has 1 N–H and O–H groups in total. The van der Waals surface area contributed by atoms with E-state index in [4.69, 9.17) is 18.9 Å². The highest BCUT2D eigenvalue weighted by Gasteiger charge is 2.63. The molecule has 2 unspecified atom stereocenters. The van der Waals surface area contributed by atoms with Crippen LogP contribution in [-0.4, -0.2) is 48.7 Å². The van der Waals surface area contributed by atoms with Crippen molar-refractivity contribution in [3.63, 3.8) is 0 Å². The van der Waals surface area contributed by atoms with Crippen molar-refractivity contribution in [2.75, 3.05) is 13.7 Å². The van der Waals surface area contributed by atoms with Crippen LogP contribution in [0.5, 0.6) is 0 Å². The topological polar surface area (TPSA) is 57.2 Å². The molecule has 2 aliphatic rings. The Morgan fingerprint density at radius 1 is 1.33 bits per heavy atom. The maximum atomic E-state index is 9.81. The third-order valence-corrected chi connectivity index (χ3v) is 2.90. The van der Waals surface area contributed by atoms with Crippen molar-refractivity contribution in [3.8, 4) is 0 Å². The zero-order chi connectivity index (χ0) is 11.3. The van der Waals surface area contributed by atoms with Crippen LogP contribution in [-0.2, 0) is 18.9 Å². The average Bonchev–Trinajstić information content (AvgIpc) is 2.46. The Bertz CT molecular complexity index is 254. The summed E-state index contributed by atoms with van der Waals surface area (Å²) in [5, 5.41) is 9.81. The van der Waals surface area contributed by atoms with Gasteiger partial charge < -0.3 is 24.1 Å². The molecular weight excluding hydrogens is 200 g/mol. The summed E-state index contributed by atoms with van der Waals surface area (Å²) in [5.41, 5.74) is -0.799. The van der Waals surface area contributed by atoms with E-state index >= 15 is 0 Å². The molecule has 0 bridgehead atoms. The molecule has 0 amide bonds. The maximum Gasteiger partial charge on any atom is 0.187 e. The van der Waals surface area contributed by atoms with Gasteiger partial charge in [0.05, 0.1) is 6.61 Å². The number of hydrogen-bond donors (Lipinski definition) is 1. The number of aliphatic hydroxyl groups excluding tert-OH is 1. The smallest absolute Gasteiger partial charge is 0.187 e. The van der Waals surface area contributed by atoms with E-state index in [9.17, 15) is 5.11 Å². The molecule has 2 rings (SSSR count). The second-order valence-corrected chi connectivity index (χ2v) is 4.71. The quantitative estimate of drug-likeness (QED) is 0.720. The third kappa shape index (κ3) is 1.68. The van der Waals surface area contributed by atoms with Gasteiger partial charge in [0.15, 0.2) is 12.1 Å². The van der Waals surface area contributed by atoms with Crippen LogP contribution in [0.2, 0.25) is 0 Å². The molecule has 5 nitrogen and oxygen atoms in total. The zero-order valence-corrected chi connectivity index (χ0v) is 9.52. The van der Waals surface area contributed by atoms with E-state index in [-0.39, 0.29) is 12.2 Å². The lowest BCUT2D eigenvalue weighted by Crippen LogP contribution is -2.43. The highest BCUT2D eigenvalue weighted by Crippen LogP contribution is 2.45. The molecule has 88 valence electrons. The highest BCUT2D eigenvalue weighted by molar-refractivity contribution is 5.04. The van der Waals surface area contributed by atoms with E-state index < -0.39 is 17.7 Å². The summed E-state index contributed by atoms with van der Waals surface area (Å²) < 4.78 is 21.8. The summed E-state index contributed by atoms with van der Waals surface area (Å²) >= 11 is 0. The van der Waals surface area contributed by atoms with Gasteiger partial charge in [0.2, 0.25) is 0 Å². The second kappa shape index (κ2) is 3.40. The van der Waals surface area contributed by atoms with Gasteiger partial charge in [-0.15, -0.1) is 0 Å². The van der Waals surface area contributed by atoms with Crippen molar-refractivity contribution >= 4 is 0 Å². The molecule has 0 aliphatic carbocycles. The zero-order valence-electron chi connectivity index (χ0n) is 9.52. The summed E-state index contributed by atoms with van der Waals surface area (Å²) in [5.74, 6) is -0.684. The van der Waals surface area contributed by atoms with Crippen molar-refractivity contribution in [3.05, 3.63) is 0 Å². The molecule has 2 aliphatic heterocycles. The van der Waals surface area contributed by atoms with Crippen LogP contribution in [0.4, 0.5) is 0 Å². The largest absolute Gasteiger partial charge is 0.382 e. The van der Waals surface area contributed by atoms with Gasteiger partial charge in [0.1, 0.15) is 17.8 Å². The minimum Gasteiger partial charge on any atom is -0.382 e. The molecule has 4 atom stereocenters. The fraction of sp³-hybridized carbons (Fsp3) is 1.00. The summed E-state index contributed by atoms with van der Waals surface area (Å²) in [6, 6.07) is 0. The first kappa shape index (κ1) is 11.3. The van der Waals surface area contributed by atoms with Gasteiger partial charge in [-0.05, 0) is 20.8 Å². The Labute approximate surface area is 89.3 Å². The van der Waals surface area contributed by atoms with E-state index in [1.54, 1.807) is 14.0 Å². The predicted molar refractivity (Wildman–Crippen MR) is 51.2 cm³/mol. The molecule has 0 aromatic carbocycles.